The van der Waals surface area contributed by atoms with E-state index in [-0.39, 0.29) is 22.6 Å². The number of ketones is 1. The van der Waals surface area contributed by atoms with Crippen LogP contribution in [0.2, 0.25) is 0 Å². The molecule has 16 heteroatoms. The maximum Gasteiger partial charge on any atom is 0.229 e. The zero-order valence-corrected chi connectivity index (χ0v) is 22.2. The molecule has 0 amide bonds. The van der Waals surface area contributed by atoms with Gasteiger partial charge in [-0.25, -0.2) is 0 Å². The second-order valence-corrected chi connectivity index (χ2v) is 10.4. The zero-order valence-electron chi connectivity index (χ0n) is 22.2. The summed E-state index contributed by atoms with van der Waals surface area (Å²) in [5, 5.41) is 100.0. The van der Waals surface area contributed by atoms with E-state index in [0.717, 1.165) is 12.1 Å². The highest BCUT2D eigenvalue weighted by atomic mass is 16.7. The van der Waals surface area contributed by atoms with Crippen molar-refractivity contribution in [3.63, 3.8) is 0 Å². The lowest BCUT2D eigenvalue weighted by molar-refractivity contribution is -0.311. The van der Waals surface area contributed by atoms with Crippen LogP contribution < -0.4 is 9.47 Å². The number of Topliss-reactive ketones (excluding diaryl/α,β-unsaturated/α-hetero) is 1. The summed E-state index contributed by atoms with van der Waals surface area (Å²) in [6.07, 6.45) is -19.1. The lowest BCUT2D eigenvalue weighted by Crippen LogP contribution is -2.60. The summed E-state index contributed by atoms with van der Waals surface area (Å²) in [5.74, 6) is -1.82. The Kier molecular flexibility index (Phi) is 9.07. The fourth-order valence-corrected chi connectivity index (χ4v) is 5.08. The molecule has 0 saturated carbocycles. The fourth-order valence-electron chi connectivity index (χ4n) is 5.08. The van der Waals surface area contributed by atoms with E-state index in [1.165, 1.54) is 24.3 Å². The van der Waals surface area contributed by atoms with Crippen molar-refractivity contribution in [2.24, 2.45) is 0 Å². The van der Waals surface area contributed by atoms with Gasteiger partial charge in [0.15, 0.2) is 35.8 Å². The molecule has 3 aliphatic rings. The Morgan fingerprint density at radius 1 is 0.698 bits per heavy atom. The molecule has 12 unspecified atom stereocenters. The number of carbonyl (C=O) groups excluding carboxylic acids is 1. The highest BCUT2D eigenvalue weighted by molar-refractivity contribution is 6.03. The molecular weight excluding hydrogens is 580 g/mol. The lowest BCUT2D eigenvalue weighted by atomic mass is 9.92. The smallest absolute Gasteiger partial charge is 0.229 e. The van der Waals surface area contributed by atoms with Crippen molar-refractivity contribution >= 4 is 5.78 Å². The molecule has 5 rings (SSSR count). The Hall–Kier alpha value is -3.13. The van der Waals surface area contributed by atoms with Gasteiger partial charge in [-0.3, -0.25) is 4.79 Å². The minimum absolute atomic E-state index is 0.0171. The first-order chi connectivity index (χ1) is 20.4. The third-order valence-corrected chi connectivity index (χ3v) is 7.56. The second-order valence-electron chi connectivity index (χ2n) is 10.4. The fraction of sp³-hybridized carbons (Fsp3) is 0.519. The number of ether oxygens (including phenoxy) is 5. The van der Waals surface area contributed by atoms with Crippen molar-refractivity contribution in [1.82, 2.24) is 0 Å². The predicted octanol–water partition coefficient (Wildman–Crippen LogP) is -3.22. The summed E-state index contributed by atoms with van der Waals surface area (Å²) in [6, 6.07) is 7.42. The van der Waals surface area contributed by atoms with Crippen molar-refractivity contribution in [3.8, 4) is 23.0 Å². The quantitative estimate of drug-likeness (QED) is 0.138. The van der Waals surface area contributed by atoms with E-state index in [1.54, 1.807) is 0 Å². The van der Waals surface area contributed by atoms with E-state index in [0.29, 0.717) is 0 Å². The first-order valence-electron chi connectivity index (χ1n) is 13.2. The van der Waals surface area contributed by atoms with Gasteiger partial charge < -0.3 is 74.7 Å². The maximum atomic E-state index is 13.7. The molecule has 12 atom stereocenters. The maximum absolute atomic E-state index is 13.7. The van der Waals surface area contributed by atoms with Crippen molar-refractivity contribution in [1.29, 1.82) is 0 Å². The molecule has 0 bridgehead atoms. The minimum Gasteiger partial charge on any atom is -0.504 e. The van der Waals surface area contributed by atoms with Gasteiger partial charge in [-0.15, -0.1) is 0 Å². The van der Waals surface area contributed by atoms with Crippen LogP contribution in [-0.4, -0.2) is 138 Å². The van der Waals surface area contributed by atoms with Gasteiger partial charge in [-0.05, 0) is 29.8 Å². The van der Waals surface area contributed by atoms with Gasteiger partial charge in [0, 0.05) is 6.07 Å². The summed E-state index contributed by atoms with van der Waals surface area (Å²) in [4.78, 5) is 13.7. The number of rotatable bonds is 7. The van der Waals surface area contributed by atoms with Gasteiger partial charge in [0.2, 0.25) is 6.29 Å². The molecule has 0 aromatic heterocycles. The normalized spacial score (nSPS) is 37.8. The largest absolute Gasteiger partial charge is 0.504 e. The third kappa shape index (κ3) is 5.87. The number of hydrogen-bond donors (Lipinski definition) is 10. The average Bonchev–Trinajstić information content (AvgIpc) is 3.00. The zero-order chi connectivity index (χ0) is 31.2. The van der Waals surface area contributed by atoms with Crippen molar-refractivity contribution in [2.75, 3.05) is 13.2 Å². The molecule has 3 aliphatic heterocycles. The minimum atomic E-state index is -1.84. The Morgan fingerprint density at radius 2 is 1.30 bits per heavy atom. The molecule has 0 spiro atoms. The number of aromatic hydroxyl groups is 2. The molecule has 43 heavy (non-hydrogen) atoms. The number of phenolic OH excluding ortho intramolecular Hbond substituents is 2. The van der Waals surface area contributed by atoms with E-state index in [2.05, 4.69) is 0 Å². The van der Waals surface area contributed by atoms with E-state index < -0.39 is 104 Å². The van der Waals surface area contributed by atoms with Crippen molar-refractivity contribution in [2.45, 2.75) is 73.6 Å². The summed E-state index contributed by atoms with van der Waals surface area (Å²) in [5.41, 5.74) is 0.0825. The van der Waals surface area contributed by atoms with Gasteiger partial charge in [-0.2, -0.15) is 0 Å². The first kappa shape index (κ1) is 31.3. The number of phenols is 2. The Balaban J connectivity index is 1.45. The first-order valence-corrected chi connectivity index (χ1v) is 13.2. The highest BCUT2D eigenvalue weighted by Crippen LogP contribution is 2.42. The van der Waals surface area contributed by atoms with Crippen molar-refractivity contribution < 1.29 is 79.5 Å². The van der Waals surface area contributed by atoms with Crippen LogP contribution in [0.15, 0.2) is 36.4 Å². The molecule has 2 saturated heterocycles. The SMILES string of the molecule is O=C1c2ccc(OC3OC(CO)C(O)C(O)C3O)cc2OC(c2ccc(O)c(O)c2)C1OC1OC(CO)C(O)C(O)C1O. The number of carbonyl (C=O) groups is 1. The Labute approximate surface area is 243 Å². The average molecular weight is 613 g/mol. The van der Waals surface area contributed by atoms with Crippen LogP contribution in [0.25, 0.3) is 0 Å². The van der Waals surface area contributed by atoms with Crippen LogP contribution >= 0.6 is 0 Å². The highest BCUT2D eigenvalue weighted by Gasteiger charge is 2.49. The molecule has 0 aliphatic carbocycles. The van der Waals surface area contributed by atoms with Gasteiger partial charge >= 0.3 is 0 Å². The summed E-state index contributed by atoms with van der Waals surface area (Å²) >= 11 is 0. The number of fused-ring (bicyclic) bond motifs is 1. The van der Waals surface area contributed by atoms with Crippen LogP contribution in [0.3, 0.4) is 0 Å². The molecule has 2 aromatic carbocycles. The molecule has 3 heterocycles. The topological polar surface area (TPSA) is 266 Å². The summed E-state index contributed by atoms with van der Waals surface area (Å²) < 4.78 is 28.2. The molecule has 0 radical (unpaired) electrons. The van der Waals surface area contributed by atoms with Gasteiger partial charge in [0.05, 0.1) is 18.8 Å². The van der Waals surface area contributed by atoms with Gasteiger partial charge in [0.25, 0.3) is 0 Å². The number of benzene rings is 2. The van der Waals surface area contributed by atoms with Crippen molar-refractivity contribution in [3.05, 3.63) is 47.5 Å². The van der Waals surface area contributed by atoms with E-state index in [1.807, 2.05) is 0 Å². The van der Waals surface area contributed by atoms with Crippen LogP contribution in [0.5, 0.6) is 23.0 Å². The van der Waals surface area contributed by atoms with E-state index in [9.17, 15) is 55.9 Å². The molecule has 16 nitrogen and oxygen atoms in total. The molecular formula is C27H32O16. The molecule has 2 aromatic rings. The number of aliphatic hydroxyl groups excluding tert-OH is 8. The van der Waals surface area contributed by atoms with Gasteiger partial charge in [0.1, 0.15) is 60.3 Å². The van der Waals surface area contributed by atoms with E-state index >= 15 is 0 Å². The number of hydrogen-bond acceptors (Lipinski definition) is 16. The second kappa shape index (κ2) is 12.5. The Morgan fingerprint density at radius 3 is 1.91 bits per heavy atom. The Bertz CT molecular complexity index is 1300. The lowest BCUT2D eigenvalue weighted by Gasteiger charge is -2.42. The standard InChI is InChI=1S/C27H32O16/c28-7-15-18(33)20(35)22(37)26(41-15)39-10-2-3-11-14(6-10)40-24(9-1-4-12(30)13(31)5-9)25(17(11)32)43-27-23(38)21(36)19(34)16(8-29)42-27/h1-6,15-16,18-31,33-38H,7-8H2. The van der Waals surface area contributed by atoms with Crippen LogP contribution in [0.1, 0.15) is 22.0 Å². The third-order valence-electron chi connectivity index (χ3n) is 7.56. The molecule has 236 valence electrons. The van der Waals surface area contributed by atoms with Gasteiger partial charge in [-0.1, -0.05) is 6.07 Å². The van der Waals surface area contributed by atoms with E-state index in [4.69, 9.17) is 23.7 Å². The predicted molar refractivity (Wildman–Crippen MR) is 137 cm³/mol. The number of aliphatic hydroxyl groups is 8. The van der Waals surface area contributed by atoms with Crippen LogP contribution in [0.4, 0.5) is 0 Å². The molecule has 10 N–H and O–H groups in total. The van der Waals surface area contributed by atoms with Crippen LogP contribution in [-0.2, 0) is 14.2 Å². The summed E-state index contributed by atoms with van der Waals surface area (Å²) in [7, 11) is 0. The monoisotopic (exact) mass is 612 g/mol. The molecule has 2 fully saturated rings. The van der Waals surface area contributed by atoms with Crippen LogP contribution in [0, 0.1) is 0 Å². The summed E-state index contributed by atoms with van der Waals surface area (Å²) in [6.45, 7) is -1.42.